The van der Waals surface area contributed by atoms with Crippen LogP contribution in [0.25, 0.3) is 0 Å². The molecule has 4 rings (SSSR count). The van der Waals surface area contributed by atoms with Gasteiger partial charge in [0.25, 0.3) is 0 Å². The van der Waals surface area contributed by atoms with Gasteiger partial charge in [-0.15, -0.1) is 0 Å². The molecule has 1 aromatic heterocycles. The summed E-state index contributed by atoms with van der Waals surface area (Å²) in [5.74, 6) is -0.395. The Kier molecular flexibility index (Phi) is 7.04. The second-order valence-corrected chi connectivity index (χ2v) is 9.37. The van der Waals surface area contributed by atoms with Gasteiger partial charge in [-0.05, 0) is 50.2 Å². The molecule has 3 heterocycles. The Balaban J connectivity index is 1.26. The molecule has 3 atom stereocenters. The molecule has 1 saturated carbocycles. The van der Waals surface area contributed by atoms with E-state index in [0.29, 0.717) is 31.8 Å². The highest BCUT2D eigenvalue weighted by molar-refractivity contribution is 5.79. The van der Waals surface area contributed by atoms with Crippen LogP contribution in [0.2, 0.25) is 0 Å². The molecule has 0 radical (unpaired) electrons. The van der Waals surface area contributed by atoms with Crippen LogP contribution in [0.15, 0.2) is 24.4 Å². The Labute approximate surface area is 182 Å². The van der Waals surface area contributed by atoms with Gasteiger partial charge in [0.15, 0.2) is 0 Å². The zero-order valence-electron chi connectivity index (χ0n) is 18.1. The number of likely N-dealkylation sites (tertiary alicyclic amines) is 1. The molecule has 3 fully saturated rings. The number of amides is 1. The summed E-state index contributed by atoms with van der Waals surface area (Å²) in [5, 5.41) is 0. The number of piperidine rings is 1. The van der Waals surface area contributed by atoms with Crippen molar-refractivity contribution in [2.45, 2.75) is 44.7 Å². The number of piperazine rings is 1. The minimum atomic E-state index is -4.18. The molecule has 1 amide bonds. The van der Waals surface area contributed by atoms with E-state index in [-0.39, 0.29) is 18.7 Å². The van der Waals surface area contributed by atoms with Gasteiger partial charge >= 0.3 is 6.18 Å². The Hall–Kier alpha value is -1.83. The van der Waals surface area contributed by atoms with Crippen molar-refractivity contribution in [1.82, 2.24) is 14.8 Å². The van der Waals surface area contributed by atoms with E-state index < -0.39 is 18.0 Å². The van der Waals surface area contributed by atoms with Crippen molar-refractivity contribution in [3.63, 3.8) is 0 Å². The summed E-state index contributed by atoms with van der Waals surface area (Å²) in [6.07, 6.45) is 0.902. The molecule has 172 valence electrons. The third-order valence-electron chi connectivity index (χ3n) is 7.18. The van der Waals surface area contributed by atoms with Crippen molar-refractivity contribution < 1.29 is 18.0 Å². The van der Waals surface area contributed by atoms with Crippen LogP contribution in [0.1, 0.15) is 38.5 Å². The van der Waals surface area contributed by atoms with Crippen molar-refractivity contribution in [3.8, 4) is 0 Å². The van der Waals surface area contributed by atoms with E-state index in [1.54, 1.807) is 0 Å². The molecule has 2 aliphatic heterocycles. The predicted octanol–water partition coefficient (Wildman–Crippen LogP) is 3.81. The van der Waals surface area contributed by atoms with Gasteiger partial charge < -0.3 is 9.80 Å². The molecule has 0 bridgehead atoms. The number of aromatic nitrogens is 1. The molecule has 2 saturated heterocycles. The summed E-state index contributed by atoms with van der Waals surface area (Å²) in [6.45, 7) is 6.15. The minimum Gasteiger partial charge on any atom is -0.354 e. The highest BCUT2D eigenvalue weighted by Crippen LogP contribution is 2.40. The Bertz CT molecular complexity index is 721. The van der Waals surface area contributed by atoms with Gasteiger partial charge in [0.05, 0.1) is 5.92 Å². The minimum absolute atomic E-state index is 0.0288. The van der Waals surface area contributed by atoms with Crippen LogP contribution >= 0.6 is 0 Å². The first-order valence-corrected chi connectivity index (χ1v) is 11.6. The third kappa shape index (κ3) is 5.70. The second kappa shape index (κ2) is 9.76. The highest BCUT2D eigenvalue weighted by Gasteiger charge is 2.44. The van der Waals surface area contributed by atoms with E-state index in [1.165, 1.54) is 0 Å². The third-order valence-corrected chi connectivity index (χ3v) is 7.18. The fraction of sp³-hybridized carbons (Fsp3) is 0.739. The van der Waals surface area contributed by atoms with E-state index in [1.807, 2.05) is 29.3 Å². The summed E-state index contributed by atoms with van der Waals surface area (Å²) in [5.41, 5.74) is 0. The number of alkyl halides is 3. The number of carbonyl (C=O) groups is 1. The van der Waals surface area contributed by atoms with Crippen LogP contribution in [0, 0.1) is 17.8 Å². The molecular weight excluding hydrogens is 405 g/mol. The van der Waals surface area contributed by atoms with E-state index >= 15 is 0 Å². The van der Waals surface area contributed by atoms with Crippen molar-refractivity contribution in [3.05, 3.63) is 24.4 Å². The quantitative estimate of drug-likeness (QED) is 0.717. The summed E-state index contributed by atoms with van der Waals surface area (Å²) in [6, 6.07) is 5.97. The SMILES string of the molecule is O=C(C1CCCC(C(F)(F)F)C1)N1CCCC(CN2CCN(c3ccccn3)CC2)C1. The van der Waals surface area contributed by atoms with Gasteiger partial charge in [-0.25, -0.2) is 4.98 Å². The van der Waals surface area contributed by atoms with Crippen molar-refractivity contribution in [2.24, 2.45) is 17.8 Å². The number of anilines is 1. The van der Waals surface area contributed by atoms with E-state index in [9.17, 15) is 18.0 Å². The van der Waals surface area contributed by atoms with Crippen LogP contribution in [-0.4, -0.2) is 72.7 Å². The zero-order chi connectivity index (χ0) is 21.8. The van der Waals surface area contributed by atoms with Crippen LogP contribution in [-0.2, 0) is 4.79 Å². The fourth-order valence-corrected chi connectivity index (χ4v) is 5.45. The van der Waals surface area contributed by atoms with Gasteiger partial charge in [-0.1, -0.05) is 12.5 Å². The maximum Gasteiger partial charge on any atom is 0.391 e. The number of pyridine rings is 1. The number of rotatable bonds is 4. The molecule has 0 N–H and O–H groups in total. The smallest absolute Gasteiger partial charge is 0.354 e. The topological polar surface area (TPSA) is 39.7 Å². The molecule has 3 aliphatic rings. The summed E-state index contributed by atoms with van der Waals surface area (Å²) >= 11 is 0. The maximum atomic E-state index is 13.1. The zero-order valence-corrected chi connectivity index (χ0v) is 18.1. The van der Waals surface area contributed by atoms with Crippen LogP contribution in [0.5, 0.6) is 0 Å². The average molecular weight is 439 g/mol. The normalized spacial score (nSPS) is 28.5. The molecule has 3 unspecified atom stereocenters. The maximum absolute atomic E-state index is 13.1. The van der Waals surface area contributed by atoms with Crippen LogP contribution < -0.4 is 4.90 Å². The largest absolute Gasteiger partial charge is 0.391 e. The predicted molar refractivity (Wildman–Crippen MR) is 114 cm³/mol. The lowest BCUT2D eigenvalue weighted by Gasteiger charge is -2.41. The van der Waals surface area contributed by atoms with Crippen LogP contribution in [0.4, 0.5) is 19.0 Å². The molecule has 1 aromatic rings. The number of nitrogens with zero attached hydrogens (tertiary/aromatic N) is 4. The highest BCUT2D eigenvalue weighted by atomic mass is 19.4. The lowest BCUT2D eigenvalue weighted by Crippen LogP contribution is -2.51. The molecule has 0 aromatic carbocycles. The first-order chi connectivity index (χ1) is 14.9. The summed E-state index contributed by atoms with van der Waals surface area (Å²) in [4.78, 5) is 24.0. The van der Waals surface area contributed by atoms with Gasteiger partial charge in [0, 0.05) is 57.9 Å². The second-order valence-electron chi connectivity index (χ2n) is 9.37. The van der Waals surface area contributed by atoms with E-state index in [4.69, 9.17) is 0 Å². The lowest BCUT2D eigenvalue weighted by atomic mass is 9.80. The van der Waals surface area contributed by atoms with Gasteiger partial charge in [0.1, 0.15) is 5.82 Å². The Morgan fingerprint density at radius 2 is 1.84 bits per heavy atom. The lowest BCUT2D eigenvalue weighted by molar-refractivity contribution is -0.187. The molecule has 1 aliphatic carbocycles. The number of hydrogen-bond donors (Lipinski definition) is 0. The fourth-order valence-electron chi connectivity index (χ4n) is 5.45. The summed E-state index contributed by atoms with van der Waals surface area (Å²) < 4.78 is 39.4. The standard InChI is InChI=1S/C23H33F3N4O/c24-23(25,26)20-7-3-6-19(15-20)22(31)30-10-4-5-18(17-30)16-28-11-13-29(14-12-28)21-8-1-2-9-27-21/h1-2,8-9,18-20H,3-7,10-17H2. The van der Waals surface area contributed by atoms with Crippen LogP contribution in [0.3, 0.4) is 0 Å². The molecule has 8 heteroatoms. The molecular formula is C23H33F3N4O. The molecule has 31 heavy (non-hydrogen) atoms. The molecule has 5 nitrogen and oxygen atoms in total. The van der Waals surface area contributed by atoms with Gasteiger partial charge in [0.2, 0.25) is 5.91 Å². The van der Waals surface area contributed by atoms with E-state index in [2.05, 4.69) is 14.8 Å². The first-order valence-electron chi connectivity index (χ1n) is 11.6. The Morgan fingerprint density at radius 3 is 2.55 bits per heavy atom. The Morgan fingerprint density at radius 1 is 1.03 bits per heavy atom. The van der Waals surface area contributed by atoms with Gasteiger partial charge in [-0.3, -0.25) is 9.69 Å². The number of halogens is 3. The first kappa shape index (κ1) is 22.4. The van der Waals surface area contributed by atoms with Crippen molar-refractivity contribution in [1.29, 1.82) is 0 Å². The van der Waals surface area contributed by atoms with E-state index in [0.717, 1.165) is 51.4 Å². The number of carbonyl (C=O) groups excluding carboxylic acids is 1. The average Bonchev–Trinajstić information content (AvgIpc) is 2.79. The summed E-state index contributed by atoms with van der Waals surface area (Å²) in [7, 11) is 0. The van der Waals surface area contributed by atoms with Crippen molar-refractivity contribution >= 4 is 11.7 Å². The molecule has 0 spiro atoms. The van der Waals surface area contributed by atoms with Crippen molar-refractivity contribution in [2.75, 3.05) is 50.7 Å². The number of hydrogen-bond acceptors (Lipinski definition) is 4. The monoisotopic (exact) mass is 438 g/mol. The van der Waals surface area contributed by atoms with Gasteiger partial charge in [-0.2, -0.15) is 13.2 Å².